The average molecular weight is 378 g/mol. The Bertz CT molecular complexity index is 1060. The Hall–Kier alpha value is -3.25. The summed E-state index contributed by atoms with van der Waals surface area (Å²) >= 11 is 1.59. The molecule has 27 heavy (non-hydrogen) atoms. The number of nitrogens with one attached hydrogen (secondary N) is 1. The molecule has 0 spiro atoms. The summed E-state index contributed by atoms with van der Waals surface area (Å²) in [5, 5.41) is 4.89. The van der Waals surface area contributed by atoms with Crippen LogP contribution in [0.15, 0.2) is 76.7 Å². The van der Waals surface area contributed by atoms with E-state index in [0.717, 1.165) is 10.4 Å². The second-order valence-electron chi connectivity index (χ2n) is 5.84. The van der Waals surface area contributed by atoms with Crippen LogP contribution in [-0.2, 0) is 6.54 Å². The molecule has 6 heteroatoms. The van der Waals surface area contributed by atoms with Gasteiger partial charge in [-0.25, -0.2) is 9.37 Å². The number of rotatable bonds is 5. The van der Waals surface area contributed by atoms with Crippen LogP contribution in [0.2, 0.25) is 0 Å². The first kappa shape index (κ1) is 17.2. The SMILES string of the molecule is O=C(NCc1cccs1)c1ccccc1-c1ncc(-c2ccc(F)cc2)o1. The van der Waals surface area contributed by atoms with Gasteiger partial charge in [0.2, 0.25) is 5.89 Å². The molecule has 4 rings (SSSR count). The molecule has 0 aliphatic heterocycles. The zero-order valence-corrected chi connectivity index (χ0v) is 15.0. The Balaban J connectivity index is 1.59. The lowest BCUT2D eigenvalue weighted by atomic mass is 10.1. The van der Waals surface area contributed by atoms with E-state index < -0.39 is 0 Å². The number of thiophene rings is 1. The number of hydrogen-bond donors (Lipinski definition) is 1. The number of carbonyl (C=O) groups is 1. The lowest BCUT2D eigenvalue weighted by Crippen LogP contribution is -2.22. The zero-order chi connectivity index (χ0) is 18.6. The molecule has 4 aromatic rings. The highest BCUT2D eigenvalue weighted by Crippen LogP contribution is 2.28. The van der Waals surface area contributed by atoms with E-state index in [9.17, 15) is 9.18 Å². The molecule has 2 aromatic heterocycles. The van der Waals surface area contributed by atoms with Crippen molar-refractivity contribution in [2.75, 3.05) is 0 Å². The van der Waals surface area contributed by atoms with Crippen molar-refractivity contribution in [3.8, 4) is 22.8 Å². The molecule has 2 aromatic carbocycles. The van der Waals surface area contributed by atoms with Gasteiger partial charge in [0.25, 0.3) is 5.91 Å². The maximum absolute atomic E-state index is 13.1. The first-order valence-electron chi connectivity index (χ1n) is 8.32. The van der Waals surface area contributed by atoms with E-state index in [0.29, 0.717) is 29.3 Å². The number of halogens is 1. The molecule has 2 heterocycles. The molecule has 0 bridgehead atoms. The van der Waals surface area contributed by atoms with E-state index in [1.165, 1.54) is 12.1 Å². The summed E-state index contributed by atoms with van der Waals surface area (Å²) in [6, 6.07) is 17.1. The Morgan fingerprint density at radius 2 is 1.89 bits per heavy atom. The fraction of sp³-hybridized carbons (Fsp3) is 0.0476. The molecule has 1 amide bonds. The van der Waals surface area contributed by atoms with Gasteiger partial charge in [-0.05, 0) is 47.8 Å². The van der Waals surface area contributed by atoms with Crippen LogP contribution in [0.25, 0.3) is 22.8 Å². The fourth-order valence-electron chi connectivity index (χ4n) is 2.69. The molecule has 0 fully saturated rings. The van der Waals surface area contributed by atoms with Crippen LogP contribution < -0.4 is 5.32 Å². The maximum Gasteiger partial charge on any atom is 0.252 e. The summed E-state index contributed by atoms with van der Waals surface area (Å²) in [4.78, 5) is 18.0. The van der Waals surface area contributed by atoms with Crippen molar-refractivity contribution in [3.63, 3.8) is 0 Å². The third-order valence-electron chi connectivity index (χ3n) is 4.04. The molecular formula is C21H15FN2O2S. The van der Waals surface area contributed by atoms with Gasteiger partial charge in [0.05, 0.1) is 18.3 Å². The van der Waals surface area contributed by atoms with E-state index in [4.69, 9.17) is 4.42 Å². The average Bonchev–Trinajstić information content (AvgIpc) is 3.39. The molecule has 134 valence electrons. The number of hydrogen-bond acceptors (Lipinski definition) is 4. The molecule has 4 nitrogen and oxygen atoms in total. The zero-order valence-electron chi connectivity index (χ0n) is 14.2. The highest BCUT2D eigenvalue weighted by molar-refractivity contribution is 7.09. The normalized spacial score (nSPS) is 10.7. The Kier molecular flexibility index (Phi) is 4.80. The van der Waals surface area contributed by atoms with Crippen LogP contribution in [-0.4, -0.2) is 10.9 Å². The van der Waals surface area contributed by atoms with Crippen LogP contribution in [0.3, 0.4) is 0 Å². The monoisotopic (exact) mass is 378 g/mol. The van der Waals surface area contributed by atoms with Crippen molar-refractivity contribution in [3.05, 3.63) is 88.5 Å². The Morgan fingerprint density at radius 1 is 1.07 bits per heavy atom. The Labute approximate surface area is 159 Å². The first-order chi connectivity index (χ1) is 13.2. The van der Waals surface area contributed by atoms with Crippen molar-refractivity contribution in [1.29, 1.82) is 0 Å². The van der Waals surface area contributed by atoms with Gasteiger partial charge in [0.15, 0.2) is 5.76 Å². The number of aromatic nitrogens is 1. The molecular weight excluding hydrogens is 363 g/mol. The number of benzene rings is 2. The summed E-state index contributed by atoms with van der Waals surface area (Å²) in [5.41, 5.74) is 1.81. The molecule has 0 unspecified atom stereocenters. The minimum absolute atomic E-state index is 0.194. The summed E-state index contributed by atoms with van der Waals surface area (Å²) < 4.78 is 18.9. The predicted molar refractivity (Wildman–Crippen MR) is 103 cm³/mol. The summed E-state index contributed by atoms with van der Waals surface area (Å²) in [6.07, 6.45) is 1.57. The third-order valence-corrected chi connectivity index (χ3v) is 4.92. The van der Waals surface area contributed by atoms with Crippen LogP contribution in [0.1, 0.15) is 15.2 Å². The summed E-state index contributed by atoms with van der Waals surface area (Å²) in [5.74, 6) is 0.349. The maximum atomic E-state index is 13.1. The molecule has 0 aliphatic carbocycles. The topological polar surface area (TPSA) is 55.1 Å². The van der Waals surface area contributed by atoms with E-state index in [1.807, 2.05) is 23.6 Å². The van der Waals surface area contributed by atoms with E-state index >= 15 is 0 Å². The first-order valence-corrected chi connectivity index (χ1v) is 9.20. The van der Waals surface area contributed by atoms with Gasteiger partial charge in [0.1, 0.15) is 5.82 Å². The van der Waals surface area contributed by atoms with Crippen molar-refractivity contribution >= 4 is 17.2 Å². The number of nitrogens with zero attached hydrogens (tertiary/aromatic N) is 1. The fourth-order valence-corrected chi connectivity index (χ4v) is 3.33. The number of amides is 1. The second kappa shape index (κ2) is 7.55. The van der Waals surface area contributed by atoms with Crippen LogP contribution in [0.5, 0.6) is 0 Å². The van der Waals surface area contributed by atoms with E-state index in [1.54, 1.807) is 47.9 Å². The molecule has 0 atom stereocenters. The van der Waals surface area contributed by atoms with Gasteiger partial charge < -0.3 is 9.73 Å². The quantitative estimate of drug-likeness (QED) is 0.523. The molecule has 0 aliphatic rings. The molecule has 0 radical (unpaired) electrons. The number of oxazole rings is 1. The lowest BCUT2D eigenvalue weighted by Gasteiger charge is -2.07. The molecule has 0 saturated carbocycles. The van der Waals surface area contributed by atoms with E-state index in [2.05, 4.69) is 10.3 Å². The molecule has 0 saturated heterocycles. The predicted octanol–water partition coefficient (Wildman–Crippen LogP) is 5.14. The van der Waals surface area contributed by atoms with E-state index in [-0.39, 0.29) is 11.7 Å². The van der Waals surface area contributed by atoms with Gasteiger partial charge in [0, 0.05) is 16.0 Å². The summed E-state index contributed by atoms with van der Waals surface area (Å²) in [6.45, 7) is 0.469. The number of carbonyl (C=O) groups excluding carboxylic acids is 1. The van der Waals surface area contributed by atoms with Crippen LogP contribution >= 0.6 is 11.3 Å². The smallest absolute Gasteiger partial charge is 0.252 e. The van der Waals surface area contributed by atoms with Gasteiger partial charge in [-0.15, -0.1) is 11.3 Å². The van der Waals surface area contributed by atoms with Crippen molar-refractivity contribution < 1.29 is 13.6 Å². The second-order valence-corrected chi connectivity index (χ2v) is 6.88. The van der Waals surface area contributed by atoms with Gasteiger partial charge in [-0.2, -0.15) is 0 Å². The molecule has 1 N–H and O–H groups in total. The van der Waals surface area contributed by atoms with Crippen LogP contribution in [0.4, 0.5) is 4.39 Å². The van der Waals surface area contributed by atoms with Gasteiger partial charge in [-0.1, -0.05) is 18.2 Å². The third kappa shape index (κ3) is 3.80. The highest BCUT2D eigenvalue weighted by atomic mass is 32.1. The van der Waals surface area contributed by atoms with Crippen molar-refractivity contribution in [1.82, 2.24) is 10.3 Å². The van der Waals surface area contributed by atoms with Gasteiger partial charge in [-0.3, -0.25) is 4.79 Å². The largest absolute Gasteiger partial charge is 0.436 e. The minimum Gasteiger partial charge on any atom is -0.436 e. The lowest BCUT2D eigenvalue weighted by molar-refractivity contribution is 0.0951. The highest BCUT2D eigenvalue weighted by Gasteiger charge is 2.17. The van der Waals surface area contributed by atoms with Crippen LogP contribution in [0, 0.1) is 5.82 Å². The van der Waals surface area contributed by atoms with Gasteiger partial charge >= 0.3 is 0 Å². The standard InChI is InChI=1S/C21H15FN2O2S/c22-15-9-7-14(8-10-15)19-13-24-21(26-19)18-6-2-1-5-17(18)20(25)23-12-16-4-3-11-27-16/h1-11,13H,12H2,(H,23,25). The Morgan fingerprint density at radius 3 is 2.67 bits per heavy atom. The van der Waals surface area contributed by atoms with Crippen molar-refractivity contribution in [2.45, 2.75) is 6.54 Å². The minimum atomic E-state index is -0.314. The summed E-state index contributed by atoms with van der Waals surface area (Å²) in [7, 11) is 0. The van der Waals surface area contributed by atoms with Crippen molar-refractivity contribution in [2.24, 2.45) is 0 Å².